The number of rotatable bonds is 5. The average molecular weight is 431 g/mol. The van der Waals surface area contributed by atoms with E-state index < -0.39 is 59.9 Å². The molecule has 11 heteroatoms. The third-order valence-corrected chi connectivity index (χ3v) is 3.85. The summed E-state index contributed by atoms with van der Waals surface area (Å²) in [4.78, 5) is 60.3. The summed E-state index contributed by atoms with van der Waals surface area (Å²) in [6, 6.07) is -1.05. The summed E-state index contributed by atoms with van der Waals surface area (Å²) >= 11 is 0. The van der Waals surface area contributed by atoms with E-state index in [-0.39, 0.29) is 13.2 Å². The summed E-state index contributed by atoms with van der Waals surface area (Å²) in [6.45, 7) is 8.95. The van der Waals surface area contributed by atoms with E-state index in [1.165, 1.54) is 6.92 Å². The van der Waals surface area contributed by atoms with Gasteiger partial charge in [-0.05, 0) is 20.8 Å². The minimum atomic E-state index is -1.28. The molecule has 4 atom stereocenters. The molecule has 1 saturated heterocycles. The average Bonchev–Trinajstić information content (AvgIpc) is 2.53. The molecular formula is C19H29NO10. The number of carbonyl (C=O) groups excluding carboxylic acids is 5. The molecule has 0 radical (unpaired) electrons. The van der Waals surface area contributed by atoms with Crippen molar-refractivity contribution in [3.8, 4) is 0 Å². The Balaban J connectivity index is 3.42. The maximum absolute atomic E-state index is 12.8. The molecule has 0 aromatic carbocycles. The lowest BCUT2D eigenvalue weighted by atomic mass is 9.93. The first-order valence-electron chi connectivity index (χ1n) is 9.36. The van der Waals surface area contributed by atoms with Crippen LogP contribution in [0.2, 0.25) is 0 Å². The number of hydrogen-bond donors (Lipinski definition) is 0. The number of nitrogens with zero attached hydrogens (tertiary/aromatic N) is 1. The van der Waals surface area contributed by atoms with Gasteiger partial charge in [0.1, 0.15) is 18.2 Å². The standard InChI is InChI=1S/C19H29NO10/c1-10(21)26-9-14-16(28-12(3)23)17(29-13(4)24)15(27-11(2)22)8-20(14)18(25)30-19(5,6)7/h14-17H,8-9H2,1-7H3/t14-,15-,16-,17-/m0/s1. The van der Waals surface area contributed by atoms with E-state index in [9.17, 15) is 24.0 Å². The molecule has 0 aliphatic carbocycles. The lowest BCUT2D eigenvalue weighted by Gasteiger charge is -2.46. The molecule has 1 rings (SSSR count). The molecule has 1 aliphatic heterocycles. The van der Waals surface area contributed by atoms with Gasteiger partial charge in [-0.25, -0.2) is 4.79 Å². The molecule has 0 spiro atoms. The maximum atomic E-state index is 12.8. The van der Waals surface area contributed by atoms with Crippen LogP contribution >= 0.6 is 0 Å². The smallest absolute Gasteiger partial charge is 0.410 e. The highest BCUT2D eigenvalue weighted by atomic mass is 16.6. The second-order valence-corrected chi connectivity index (χ2v) is 7.80. The van der Waals surface area contributed by atoms with E-state index in [0.29, 0.717) is 0 Å². The van der Waals surface area contributed by atoms with Gasteiger partial charge >= 0.3 is 30.0 Å². The predicted octanol–water partition coefficient (Wildman–Crippen LogP) is 0.964. The Morgan fingerprint density at radius 1 is 0.800 bits per heavy atom. The van der Waals surface area contributed by atoms with Crippen LogP contribution in [-0.4, -0.2) is 78.0 Å². The van der Waals surface area contributed by atoms with Gasteiger partial charge < -0.3 is 23.7 Å². The van der Waals surface area contributed by atoms with E-state index in [2.05, 4.69) is 0 Å². The topological polar surface area (TPSA) is 135 Å². The molecule has 0 aromatic heterocycles. The van der Waals surface area contributed by atoms with Gasteiger partial charge in [0.15, 0.2) is 18.3 Å². The summed E-state index contributed by atoms with van der Waals surface area (Å²) in [6.07, 6.45) is -4.46. The summed E-state index contributed by atoms with van der Waals surface area (Å²) in [7, 11) is 0. The fourth-order valence-corrected chi connectivity index (χ4v) is 2.95. The summed E-state index contributed by atoms with van der Waals surface area (Å²) < 4.78 is 26.3. The number of esters is 4. The third kappa shape index (κ3) is 7.88. The fourth-order valence-electron chi connectivity index (χ4n) is 2.95. The number of carbonyl (C=O) groups is 5. The Labute approximate surface area is 174 Å². The van der Waals surface area contributed by atoms with Gasteiger partial charge in [0, 0.05) is 27.7 Å². The molecule has 1 heterocycles. The van der Waals surface area contributed by atoms with Crippen molar-refractivity contribution in [1.82, 2.24) is 4.90 Å². The van der Waals surface area contributed by atoms with Gasteiger partial charge in [-0.15, -0.1) is 0 Å². The van der Waals surface area contributed by atoms with Crippen LogP contribution < -0.4 is 0 Å². The van der Waals surface area contributed by atoms with Gasteiger partial charge in [0.2, 0.25) is 0 Å². The van der Waals surface area contributed by atoms with Crippen LogP contribution in [0.3, 0.4) is 0 Å². The SMILES string of the molecule is CC(=O)OC[C@H]1[C@H](OC(C)=O)[C@@H](OC(C)=O)[C@@H](OC(C)=O)CN1C(=O)OC(C)(C)C. The Hall–Kier alpha value is -2.85. The van der Waals surface area contributed by atoms with E-state index >= 15 is 0 Å². The summed E-state index contributed by atoms with van der Waals surface area (Å²) in [5, 5.41) is 0. The third-order valence-electron chi connectivity index (χ3n) is 3.85. The van der Waals surface area contributed by atoms with E-state index in [1.54, 1.807) is 20.8 Å². The van der Waals surface area contributed by atoms with Crippen molar-refractivity contribution < 1.29 is 47.7 Å². The largest absolute Gasteiger partial charge is 0.464 e. The molecule has 1 fully saturated rings. The van der Waals surface area contributed by atoms with Crippen molar-refractivity contribution in [2.45, 2.75) is 78.4 Å². The Bertz CT molecular complexity index is 683. The highest BCUT2D eigenvalue weighted by Gasteiger charge is 2.52. The van der Waals surface area contributed by atoms with Crippen LogP contribution in [0.25, 0.3) is 0 Å². The second kappa shape index (κ2) is 10.3. The van der Waals surface area contributed by atoms with Crippen LogP contribution in [0.4, 0.5) is 4.79 Å². The highest BCUT2D eigenvalue weighted by Crippen LogP contribution is 2.28. The van der Waals surface area contributed by atoms with Crippen molar-refractivity contribution >= 4 is 30.0 Å². The Morgan fingerprint density at radius 3 is 1.73 bits per heavy atom. The normalized spacial score (nSPS) is 23.8. The molecule has 0 N–H and O–H groups in total. The van der Waals surface area contributed by atoms with Crippen LogP contribution in [0, 0.1) is 0 Å². The molecule has 0 saturated carbocycles. The number of ether oxygens (including phenoxy) is 5. The van der Waals surface area contributed by atoms with Crippen LogP contribution in [0.5, 0.6) is 0 Å². The number of amides is 1. The van der Waals surface area contributed by atoms with Crippen molar-refractivity contribution in [2.75, 3.05) is 13.2 Å². The zero-order valence-electron chi connectivity index (χ0n) is 18.3. The molecule has 0 aromatic rings. The van der Waals surface area contributed by atoms with Crippen molar-refractivity contribution in [3.63, 3.8) is 0 Å². The summed E-state index contributed by atoms with van der Waals surface area (Å²) in [5.41, 5.74) is -0.857. The lowest BCUT2D eigenvalue weighted by Crippen LogP contribution is -2.67. The quantitative estimate of drug-likeness (QED) is 0.457. The van der Waals surface area contributed by atoms with Crippen LogP contribution in [-0.2, 0) is 42.9 Å². The van der Waals surface area contributed by atoms with Crippen LogP contribution in [0.15, 0.2) is 0 Å². The number of hydrogen-bond acceptors (Lipinski definition) is 10. The minimum absolute atomic E-state index is 0.240. The van der Waals surface area contributed by atoms with Gasteiger partial charge in [-0.1, -0.05) is 0 Å². The van der Waals surface area contributed by atoms with Crippen molar-refractivity contribution in [3.05, 3.63) is 0 Å². The van der Waals surface area contributed by atoms with Crippen LogP contribution in [0.1, 0.15) is 48.5 Å². The maximum Gasteiger partial charge on any atom is 0.410 e. The van der Waals surface area contributed by atoms with E-state index in [1.807, 2.05) is 0 Å². The predicted molar refractivity (Wildman–Crippen MR) is 100 cm³/mol. The first-order valence-corrected chi connectivity index (χ1v) is 9.36. The molecule has 11 nitrogen and oxygen atoms in total. The van der Waals surface area contributed by atoms with E-state index in [4.69, 9.17) is 23.7 Å². The zero-order chi connectivity index (χ0) is 23.2. The van der Waals surface area contributed by atoms with Crippen molar-refractivity contribution in [2.24, 2.45) is 0 Å². The molecule has 0 unspecified atom stereocenters. The number of piperidine rings is 1. The van der Waals surface area contributed by atoms with Gasteiger partial charge in [-0.2, -0.15) is 0 Å². The van der Waals surface area contributed by atoms with Gasteiger partial charge in [0.05, 0.1) is 6.54 Å². The van der Waals surface area contributed by atoms with E-state index in [0.717, 1.165) is 25.7 Å². The number of likely N-dealkylation sites (tertiary alicyclic amines) is 1. The molecule has 1 amide bonds. The van der Waals surface area contributed by atoms with Crippen molar-refractivity contribution in [1.29, 1.82) is 0 Å². The molecule has 1 aliphatic rings. The molecule has 170 valence electrons. The van der Waals surface area contributed by atoms with Gasteiger partial charge in [-0.3, -0.25) is 24.1 Å². The molecular weight excluding hydrogens is 402 g/mol. The first kappa shape index (κ1) is 25.2. The van der Waals surface area contributed by atoms with Gasteiger partial charge in [0.25, 0.3) is 0 Å². The zero-order valence-corrected chi connectivity index (χ0v) is 18.3. The Kier molecular flexibility index (Phi) is 8.61. The second-order valence-electron chi connectivity index (χ2n) is 7.80. The molecule has 30 heavy (non-hydrogen) atoms. The monoisotopic (exact) mass is 431 g/mol. The highest BCUT2D eigenvalue weighted by molar-refractivity contribution is 5.71. The molecule has 0 bridgehead atoms. The Morgan fingerprint density at radius 2 is 1.30 bits per heavy atom. The summed E-state index contributed by atoms with van der Waals surface area (Å²) in [5.74, 6) is -2.78. The fraction of sp³-hybridized carbons (Fsp3) is 0.737. The lowest BCUT2D eigenvalue weighted by molar-refractivity contribution is -0.205. The minimum Gasteiger partial charge on any atom is -0.464 e. The first-order chi connectivity index (χ1) is 13.7.